The molecule has 0 saturated carbocycles. The molecule has 1 aliphatic rings. The molecular weight excluding hydrogens is 180 g/mol. The van der Waals surface area contributed by atoms with Gasteiger partial charge in [0.2, 0.25) is 0 Å². The van der Waals surface area contributed by atoms with Gasteiger partial charge >= 0.3 is 0 Å². The summed E-state index contributed by atoms with van der Waals surface area (Å²) in [6.45, 7) is 0.565. The Morgan fingerprint density at radius 1 is 1.46 bits per heavy atom. The summed E-state index contributed by atoms with van der Waals surface area (Å²) in [5, 5.41) is 45.5. The molecule has 78 valence electrons. The van der Waals surface area contributed by atoms with Crippen LogP contribution in [0, 0.1) is 0 Å². The van der Waals surface area contributed by atoms with Gasteiger partial charge in [-0.3, -0.25) is 0 Å². The highest BCUT2D eigenvalue weighted by atomic mass is 16.7. The lowest BCUT2D eigenvalue weighted by Crippen LogP contribution is -2.41. The van der Waals surface area contributed by atoms with Gasteiger partial charge in [-0.25, -0.2) is 0 Å². The summed E-state index contributed by atoms with van der Waals surface area (Å²) in [5.41, 5.74) is 0. The van der Waals surface area contributed by atoms with E-state index in [1.54, 1.807) is 0 Å². The molecule has 5 N–H and O–H groups in total. The molecule has 1 heterocycles. The van der Waals surface area contributed by atoms with Crippen LogP contribution in [0.15, 0.2) is 0 Å². The number of aliphatic hydroxyl groups excluding tert-OH is 4. The predicted molar refractivity (Wildman–Crippen MR) is 40.6 cm³/mol. The second-order valence-corrected chi connectivity index (χ2v) is 3.32. The van der Waals surface area contributed by atoms with Crippen LogP contribution in [0.1, 0.15) is 6.92 Å². The van der Waals surface area contributed by atoms with E-state index in [9.17, 15) is 15.3 Å². The summed E-state index contributed by atoms with van der Waals surface area (Å²) in [6.07, 6.45) is -5.38. The van der Waals surface area contributed by atoms with Crippen LogP contribution < -0.4 is 0 Å². The normalized spacial score (nSPS) is 48.0. The first-order chi connectivity index (χ1) is 5.90. The smallest absolute Gasteiger partial charge is 0.192 e. The topological polar surface area (TPSA) is 110 Å². The third kappa shape index (κ3) is 1.83. The average molecular weight is 194 g/mol. The van der Waals surface area contributed by atoms with Gasteiger partial charge in [0.1, 0.15) is 24.4 Å². The van der Waals surface area contributed by atoms with Crippen molar-refractivity contribution in [3.8, 4) is 0 Å². The molecular formula is C7H14O6. The maximum Gasteiger partial charge on any atom is 0.192 e. The second kappa shape index (κ2) is 3.49. The number of rotatable bonds is 2. The molecule has 0 aromatic rings. The average Bonchev–Trinajstić information content (AvgIpc) is 2.28. The standard InChI is InChI=1S/C7H14O6/c1-7(12)6(11)4(10)5(13-7)3(9)2-8/h3-6,8-12H,2H2,1H3/t3?,4-,5-,6+,7?/m0/s1. The first-order valence-electron chi connectivity index (χ1n) is 3.95. The van der Waals surface area contributed by atoms with Crippen LogP contribution in [-0.4, -0.2) is 62.3 Å². The monoisotopic (exact) mass is 194 g/mol. The van der Waals surface area contributed by atoms with Crippen LogP contribution >= 0.6 is 0 Å². The van der Waals surface area contributed by atoms with Gasteiger partial charge in [0.15, 0.2) is 5.79 Å². The lowest BCUT2D eigenvalue weighted by atomic mass is 10.0. The lowest BCUT2D eigenvalue weighted by molar-refractivity contribution is -0.226. The van der Waals surface area contributed by atoms with Crippen LogP contribution in [0.3, 0.4) is 0 Å². The molecule has 0 amide bonds. The number of ether oxygens (including phenoxy) is 1. The molecule has 0 bridgehead atoms. The van der Waals surface area contributed by atoms with E-state index >= 15 is 0 Å². The van der Waals surface area contributed by atoms with E-state index in [4.69, 9.17) is 14.9 Å². The predicted octanol–water partition coefficient (Wildman–Crippen LogP) is -2.83. The highest BCUT2D eigenvalue weighted by molar-refractivity contribution is 4.95. The van der Waals surface area contributed by atoms with Gasteiger partial charge in [0.25, 0.3) is 0 Å². The molecule has 1 saturated heterocycles. The van der Waals surface area contributed by atoms with Gasteiger partial charge in [-0.2, -0.15) is 0 Å². The fraction of sp³-hybridized carbons (Fsp3) is 1.00. The molecule has 1 aliphatic heterocycles. The van der Waals surface area contributed by atoms with Gasteiger partial charge in [-0.05, 0) is 6.92 Å². The minimum absolute atomic E-state index is 0.607. The Morgan fingerprint density at radius 3 is 2.31 bits per heavy atom. The third-order valence-corrected chi connectivity index (χ3v) is 2.15. The molecule has 2 unspecified atom stereocenters. The van der Waals surface area contributed by atoms with E-state index in [0.717, 1.165) is 0 Å². The quantitative estimate of drug-likeness (QED) is 0.324. The molecule has 6 heteroatoms. The first-order valence-corrected chi connectivity index (χ1v) is 3.95. The molecule has 1 fully saturated rings. The minimum Gasteiger partial charge on any atom is -0.394 e. The van der Waals surface area contributed by atoms with Crippen molar-refractivity contribution in [2.75, 3.05) is 6.61 Å². The SMILES string of the molecule is CC1(O)O[C@@H](C(O)CO)[C@H](O)[C@H]1O. The minimum atomic E-state index is -1.89. The summed E-state index contributed by atoms with van der Waals surface area (Å²) in [5.74, 6) is -1.89. The van der Waals surface area contributed by atoms with Gasteiger partial charge in [0.05, 0.1) is 6.61 Å². The van der Waals surface area contributed by atoms with Crippen molar-refractivity contribution in [1.29, 1.82) is 0 Å². The number of hydrogen-bond acceptors (Lipinski definition) is 6. The van der Waals surface area contributed by atoms with E-state index in [0.29, 0.717) is 0 Å². The largest absolute Gasteiger partial charge is 0.394 e. The van der Waals surface area contributed by atoms with E-state index in [-0.39, 0.29) is 0 Å². The Kier molecular flexibility index (Phi) is 2.91. The molecule has 1 rings (SSSR count). The van der Waals surface area contributed by atoms with Crippen LogP contribution in [0.4, 0.5) is 0 Å². The van der Waals surface area contributed by atoms with Crippen molar-refractivity contribution in [2.45, 2.75) is 37.1 Å². The number of aliphatic hydroxyl groups is 5. The van der Waals surface area contributed by atoms with Crippen LogP contribution in [0.2, 0.25) is 0 Å². The molecule has 0 spiro atoms. The maximum atomic E-state index is 9.32. The lowest BCUT2D eigenvalue weighted by Gasteiger charge is -2.20. The van der Waals surface area contributed by atoms with Crippen molar-refractivity contribution >= 4 is 0 Å². The molecule has 0 radical (unpaired) electrons. The van der Waals surface area contributed by atoms with E-state index in [2.05, 4.69) is 0 Å². The Bertz CT molecular complexity index is 182. The third-order valence-electron chi connectivity index (χ3n) is 2.15. The molecule has 0 aromatic carbocycles. The van der Waals surface area contributed by atoms with Crippen LogP contribution in [0.25, 0.3) is 0 Å². The van der Waals surface area contributed by atoms with Gasteiger partial charge in [0, 0.05) is 0 Å². The summed E-state index contributed by atoms with van der Waals surface area (Å²) in [6, 6.07) is 0. The Morgan fingerprint density at radius 2 is 2.00 bits per heavy atom. The van der Waals surface area contributed by atoms with Crippen molar-refractivity contribution in [1.82, 2.24) is 0 Å². The van der Waals surface area contributed by atoms with Gasteiger partial charge < -0.3 is 30.3 Å². The van der Waals surface area contributed by atoms with Gasteiger partial charge in [-0.1, -0.05) is 0 Å². The van der Waals surface area contributed by atoms with Crippen molar-refractivity contribution < 1.29 is 30.3 Å². The second-order valence-electron chi connectivity index (χ2n) is 3.32. The summed E-state index contributed by atoms with van der Waals surface area (Å²) in [7, 11) is 0. The van der Waals surface area contributed by atoms with Crippen molar-refractivity contribution in [3.63, 3.8) is 0 Å². The molecule has 6 nitrogen and oxygen atoms in total. The van der Waals surface area contributed by atoms with E-state index in [1.165, 1.54) is 6.92 Å². The fourth-order valence-corrected chi connectivity index (χ4v) is 1.32. The number of hydrogen-bond donors (Lipinski definition) is 5. The Balaban J connectivity index is 2.72. The zero-order chi connectivity index (χ0) is 10.2. The molecule has 0 aromatic heterocycles. The van der Waals surface area contributed by atoms with E-state index < -0.39 is 36.8 Å². The summed E-state index contributed by atoms with van der Waals surface area (Å²) < 4.78 is 4.77. The summed E-state index contributed by atoms with van der Waals surface area (Å²) >= 11 is 0. The zero-order valence-electron chi connectivity index (χ0n) is 7.16. The van der Waals surface area contributed by atoms with Crippen molar-refractivity contribution in [2.24, 2.45) is 0 Å². The van der Waals surface area contributed by atoms with Crippen molar-refractivity contribution in [3.05, 3.63) is 0 Å². The molecule has 5 atom stereocenters. The molecule has 13 heavy (non-hydrogen) atoms. The highest BCUT2D eigenvalue weighted by Crippen LogP contribution is 2.30. The molecule has 0 aliphatic carbocycles. The zero-order valence-corrected chi connectivity index (χ0v) is 7.16. The van der Waals surface area contributed by atoms with Crippen LogP contribution in [-0.2, 0) is 4.74 Å². The Hall–Kier alpha value is -0.240. The fourth-order valence-electron chi connectivity index (χ4n) is 1.32. The van der Waals surface area contributed by atoms with Gasteiger partial charge in [-0.15, -0.1) is 0 Å². The first kappa shape index (κ1) is 10.8. The Labute approximate surface area is 75.0 Å². The van der Waals surface area contributed by atoms with E-state index in [1.807, 2.05) is 0 Å². The summed E-state index contributed by atoms with van der Waals surface area (Å²) in [4.78, 5) is 0. The van der Waals surface area contributed by atoms with Crippen LogP contribution in [0.5, 0.6) is 0 Å². The maximum absolute atomic E-state index is 9.32. The highest BCUT2D eigenvalue weighted by Gasteiger charge is 2.52.